The van der Waals surface area contributed by atoms with Crippen molar-refractivity contribution in [3.8, 4) is 0 Å². The molecule has 2 aromatic carbocycles. The number of amides is 8. The number of benzene rings is 2. The second kappa shape index (κ2) is 30.0. The first-order valence-electron chi connectivity index (χ1n) is 24.4. The van der Waals surface area contributed by atoms with Crippen LogP contribution in [0.5, 0.6) is 0 Å². The highest BCUT2D eigenvalue weighted by Gasteiger charge is 2.34. The topological polar surface area (TPSA) is 445 Å². The molecule has 0 bridgehead atoms. The molecule has 26 nitrogen and oxygen atoms in total. The minimum absolute atomic E-state index is 0.00858. The molecule has 4 aromatic rings. The van der Waals surface area contributed by atoms with Gasteiger partial charge in [0, 0.05) is 54.8 Å². The number of para-hydroxylation sites is 1. The van der Waals surface area contributed by atoms with Crippen LogP contribution in [0.1, 0.15) is 69.2 Å². The molecular weight excluding hydrogens is 973 g/mol. The number of carboxylic acids is 1. The van der Waals surface area contributed by atoms with Gasteiger partial charge in [-0.15, -0.1) is 0 Å². The number of nitrogens with zero attached hydrogens (tertiary/aromatic N) is 2. The molecule has 20 N–H and O–H groups in total. The van der Waals surface area contributed by atoms with Gasteiger partial charge in [-0.1, -0.05) is 62.4 Å². The van der Waals surface area contributed by atoms with E-state index in [1.165, 1.54) is 12.5 Å². The fraction of sp³-hybridized carbons (Fsp3) is 0.449. The largest absolute Gasteiger partial charge is 0.481 e. The number of aliphatic imine (C=N–C) groups is 1. The third-order valence-corrected chi connectivity index (χ3v) is 11.9. The van der Waals surface area contributed by atoms with Crippen molar-refractivity contribution in [3.05, 3.63) is 90.1 Å². The van der Waals surface area contributed by atoms with Crippen LogP contribution in [-0.2, 0) is 62.4 Å². The first-order valence-corrected chi connectivity index (χ1v) is 24.4. The summed E-state index contributed by atoms with van der Waals surface area (Å²) in [6, 6.07) is 6.79. The van der Waals surface area contributed by atoms with Crippen molar-refractivity contribution in [1.29, 1.82) is 0 Å². The predicted molar refractivity (Wildman–Crippen MR) is 276 cm³/mol. The molecule has 75 heavy (non-hydrogen) atoms. The highest BCUT2D eigenvalue weighted by molar-refractivity contribution is 5.98. The lowest BCUT2D eigenvalue weighted by molar-refractivity contribution is -0.141. The lowest BCUT2D eigenvalue weighted by Gasteiger charge is -2.26. The number of H-pyrrole nitrogens is 2. The van der Waals surface area contributed by atoms with Gasteiger partial charge in [0.2, 0.25) is 47.3 Å². The molecule has 406 valence electrons. The third kappa shape index (κ3) is 19.9. The molecule has 6 unspecified atom stereocenters. The number of fused-ring (bicyclic) bond motifs is 1. The van der Waals surface area contributed by atoms with Gasteiger partial charge in [0.1, 0.15) is 36.3 Å². The van der Waals surface area contributed by atoms with Gasteiger partial charge in [-0.3, -0.25) is 48.1 Å². The Morgan fingerprint density at radius 1 is 0.667 bits per heavy atom. The molecule has 0 radical (unpaired) electrons. The van der Waals surface area contributed by atoms with E-state index < -0.39 is 114 Å². The summed E-state index contributed by atoms with van der Waals surface area (Å²) in [4.78, 5) is 135. The molecule has 0 aliphatic heterocycles. The van der Waals surface area contributed by atoms with Gasteiger partial charge in [0.05, 0.1) is 25.3 Å². The van der Waals surface area contributed by atoms with Gasteiger partial charge in [0.15, 0.2) is 5.96 Å². The molecule has 2 aromatic heterocycles. The van der Waals surface area contributed by atoms with Crippen molar-refractivity contribution < 1.29 is 48.3 Å². The summed E-state index contributed by atoms with van der Waals surface area (Å²) in [6.45, 7) is 2.79. The van der Waals surface area contributed by atoms with Crippen LogP contribution in [0, 0.1) is 5.92 Å². The van der Waals surface area contributed by atoms with Gasteiger partial charge >= 0.3 is 5.97 Å². The van der Waals surface area contributed by atoms with Gasteiger partial charge < -0.3 is 81.0 Å². The number of aromatic nitrogens is 3. The molecule has 0 saturated carbocycles. The number of nitrogens with one attached hydrogen (secondary N) is 9. The Morgan fingerprint density at radius 2 is 1.27 bits per heavy atom. The molecule has 0 spiro atoms. The second-order valence-electron chi connectivity index (χ2n) is 18.2. The summed E-state index contributed by atoms with van der Waals surface area (Å²) >= 11 is 0. The van der Waals surface area contributed by atoms with Gasteiger partial charge in [-0.25, -0.2) is 4.98 Å². The summed E-state index contributed by atoms with van der Waals surface area (Å²) in [5.74, 6) is -8.87. The standard InChI is InChI=1S/C49H70N16O10/c1-27(2)41(42(52)69)65-48(75)38(22-40(67)68)64-45(72)34(15-8-9-17-50)60-39(66)25-58-44(71)37(20-29-23-57-33-14-7-6-13-31(29)33)63-46(73)35(16-10-18-56-49(53)54)61-47(74)36(19-28-11-4-3-5-12-28)62-43(70)32(51)21-30-24-55-26-59-30/h3-7,11-14,23-24,26-27,32,34-38,41,57H,8-10,15-22,25,50-51H2,1-2H3,(H2,52,69)(H,55,59)(H,58,71)(H,60,66)(H,61,74)(H,62,70)(H,63,73)(H,64,72)(H,65,75)(H,67,68)(H4,53,54,56)/t32?,34?,35?,36-,37?,38?,41?/m1/s1. The molecule has 8 amide bonds. The zero-order valence-corrected chi connectivity index (χ0v) is 41.9. The number of carboxylic acid groups (broad SMARTS) is 1. The van der Waals surface area contributed by atoms with Crippen molar-refractivity contribution in [2.75, 3.05) is 19.6 Å². The average molecular weight is 1040 g/mol. The molecule has 26 heteroatoms. The number of carbonyl (C=O) groups excluding carboxylic acids is 8. The van der Waals surface area contributed by atoms with E-state index in [0.717, 1.165) is 10.9 Å². The van der Waals surface area contributed by atoms with Crippen molar-refractivity contribution >= 4 is 70.1 Å². The van der Waals surface area contributed by atoms with Crippen LogP contribution in [0.2, 0.25) is 0 Å². The zero-order chi connectivity index (χ0) is 55.0. The quantitative estimate of drug-likeness (QED) is 0.0132. The van der Waals surface area contributed by atoms with Gasteiger partial charge in [-0.2, -0.15) is 0 Å². The van der Waals surface area contributed by atoms with E-state index in [1.54, 1.807) is 68.6 Å². The first-order chi connectivity index (χ1) is 35.8. The molecule has 0 aliphatic rings. The molecule has 7 atom stereocenters. The Kier molecular flexibility index (Phi) is 23.6. The van der Waals surface area contributed by atoms with E-state index in [2.05, 4.69) is 57.2 Å². The molecular formula is C49H70N16O10. The van der Waals surface area contributed by atoms with Crippen LogP contribution in [0.15, 0.2) is 78.3 Å². The van der Waals surface area contributed by atoms with Crippen molar-refractivity contribution in [2.24, 2.45) is 39.6 Å². The number of imidazole rings is 1. The highest BCUT2D eigenvalue weighted by Crippen LogP contribution is 2.20. The molecule has 4 rings (SSSR count). The van der Waals surface area contributed by atoms with E-state index in [9.17, 15) is 48.3 Å². The van der Waals surface area contributed by atoms with Crippen LogP contribution in [0.3, 0.4) is 0 Å². The number of nitrogens with two attached hydrogens (primary N) is 5. The Bertz CT molecular complexity index is 2590. The summed E-state index contributed by atoms with van der Waals surface area (Å²) < 4.78 is 0. The number of aromatic amines is 2. The van der Waals surface area contributed by atoms with Crippen LogP contribution in [-0.4, -0.2) is 141 Å². The maximum Gasteiger partial charge on any atom is 0.305 e. The van der Waals surface area contributed by atoms with Crippen LogP contribution in [0.25, 0.3) is 10.9 Å². The Morgan fingerprint density at radius 3 is 1.91 bits per heavy atom. The lowest BCUT2D eigenvalue weighted by Crippen LogP contribution is -2.59. The summed E-state index contributed by atoms with van der Waals surface area (Å²) in [6.07, 6.45) is 4.57. The molecule has 0 saturated heterocycles. The van der Waals surface area contributed by atoms with Crippen molar-refractivity contribution in [3.63, 3.8) is 0 Å². The first kappa shape index (κ1) is 59.2. The van der Waals surface area contributed by atoms with E-state index in [1.807, 2.05) is 6.07 Å². The number of aliphatic carboxylic acids is 1. The van der Waals surface area contributed by atoms with E-state index in [0.29, 0.717) is 29.7 Å². The van der Waals surface area contributed by atoms with Crippen LogP contribution < -0.4 is 65.9 Å². The number of carbonyl (C=O) groups is 9. The van der Waals surface area contributed by atoms with Crippen LogP contribution in [0.4, 0.5) is 0 Å². The Labute approximate surface area is 432 Å². The summed E-state index contributed by atoms with van der Waals surface area (Å²) in [5.41, 5.74) is 31.0. The predicted octanol–water partition coefficient (Wildman–Crippen LogP) is -2.93. The van der Waals surface area contributed by atoms with Crippen LogP contribution >= 0.6 is 0 Å². The maximum atomic E-state index is 14.5. The fourth-order valence-electron chi connectivity index (χ4n) is 7.88. The fourth-order valence-corrected chi connectivity index (χ4v) is 7.88. The number of unbranched alkanes of at least 4 members (excludes halogenated alkanes) is 1. The van der Waals surface area contributed by atoms with E-state index in [-0.39, 0.29) is 57.6 Å². The second-order valence-corrected chi connectivity index (χ2v) is 18.2. The molecule has 0 aliphatic carbocycles. The molecule has 2 heterocycles. The number of rotatable bonds is 32. The monoisotopic (exact) mass is 1040 g/mol. The minimum Gasteiger partial charge on any atom is -0.481 e. The van der Waals surface area contributed by atoms with Crippen molar-refractivity contribution in [2.45, 2.75) is 114 Å². The molecule has 0 fully saturated rings. The third-order valence-electron chi connectivity index (χ3n) is 11.9. The zero-order valence-electron chi connectivity index (χ0n) is 41.9. The number of guanidine groups is 1. The van der Waals surface area contributed by atoms with Gasteiger partial charge in [0.25, 0.3) is 0 Å². The SMILES string of the molecule is CC(C)C(NC(=O)C(CC(=O)O)NC(=O)C(CCCCN)NC(=O)CNC(=O)C(Cc1c[nH]c2ccccc12)NC(=O)C(CCCN=C(N)N)NC(=O)[C@@H](Cc1ccccc1)NC(=O)C(N)Cc1cnc[nH]1)C(N)=O. The van der Waals surface area contributed by atoms with E-state index >= 15 is 0 Å². The normalized spacial score (nSPS) is 13.9. The number of primary amides is 1. The minimum atomic E-state index is -1.68. The number of hydrogen-bond donors (Lipinski definition) is 15. The highest BCUT2D eigenvalue weighted by atomic mass is 16.4. The number of hydrogen-bond acceptors (Lipinski definition) is 13. The smallest absolute Gasteiger partial charge is 0.305 e. The van der Waals surface area contributed by atoms with Gasteiger partial charge in [-0.05, 0) is 61.8 Å². The Balaban J connectivity index is 1.58. The van der Waals surface area contributed by atoms with Crippen molar-refractivity contribution in [1.82, 2.24) is 52.2 Å². The summed E-state index contributed by atoms with van der Waals surface area (Å²) in [7, 11) is 0. The Hall–Kier alpha value is -8.39. The maximum absolute atomic E-state index is 14.5. The van der Waals surface area contributed by atoms with E-state index in [4.69, 9.17) is 28.7 Å². The summed E-state index contributed by atoms with van der Waals surface area (Å²) in [5, 5.41) is 28.2. The average Bonchev–Trinajstić information content (AvgIpc) is 4.04. The lowest BCUT2D eigenvalue weighted by atomic mass is 10.0.